The smallest absolute Gasteiger partial charge is 0.391 e. The number of alkyl halides is 3. The van der Waals surface area contributed by atoms with Crippen LogP contribution in [0.25, 0.3) is 0 Å². The van der Waals surface area contributed by atoms with Crippen molar-refractivity contribution >= 4 is 17.5 Å². The van der Waals surface area contributed by atoms with E-state index in [-0.39, 0.29) is 11.3 Å². The molecule has 4 N–H and O–H groups in total. The first-order valence-electron chi connectivity index (χ1n) is 8.73. The quantitative estimate of drug-likeness (QED) is 0.535. The number of hydrazine groups is 1. The lowest BCUT2D eigenvalue weighted by molar-refractivity contribution is -0.137. The highest BCUT2D eigenvalue weighted by molar-refractivity contribution is 5.96. The maximum Gasteiger partial charge on any atom is 0.417 e. The number of nitrogens with one attached hydrogen (secondary N) is 3. The number of benzene rings is 2. The van der Waals surface area contributed by atoms with E-state index < -0.39 is 41.3 Å². The van der Waals surface area contributed by atoms with E-state index in [2.05, 4.69) is 16.2 Å². The van der Waals surface area contributed by atoms with Gasteiger partial charge in [0.25, 0.3) is 11.8 Å². The Bertz CT molecular complexity index is 1050. The minimum absolute atomic E-state index is 0.141. The molecule has 0 aliphatic heterocycles. The van der Waals surface area contributed by atoms with Crippen LogP contribution < -0.4 is 16.2 Å². The molecule has 160 valence electrons. The van der Waals surface area contributed by atoms with E-state index >= 15 is 0 Å². The number of nitriles is 2. The van der Waals surface area contributed by atoms with Crippen molar-refractivity contribution in [2.24, 2.45) is 0 Å². The Kier molecular flexibility index (Phi) is 7.19. The van der Waals surface area contributed by atoms with Crippen molar-refractivity contribution in [2.75, 3.05) is 5.32 Å². The summed E-state index contributed by atoms with van der Waals surface area (Å²) in [6, 6.07) is 10.2. The number of hydrogen-bond donors (Lipinski definition) is 4. The number of aliphatic hydroxyl groups is 1. The summed E-state index contributed by atoms with van der Waals surface area (Å²) in [5.41, 5.74) is 2.72. The standard InChI is InChI=1S/C20H16F3N5O3/c1-11(29)17(26-15-7-6-14(10-25)16(8-15)20(21,22)23)19(31)28-27-18(30)13-4-2-12(9-24)3-5-13/h2-8,11,17,26,29H,1H3,(H,27,30)(H,28,31)/t11-,17+/m0/s1. The minimum Gasteiger partial charge on any atom is -0.391 e. The molecule has 0 fully saturated rings. The third-order valence-electron chi connectivity index (χ3n) is 4.11. The van der Waals surface area contributed by atoms with Gasteiger partial charge in [-0.3, -0.25) is 20.4 Å². The third-order valence-corrected chi connectivity index (χ3v) is 4.11. The lowest BCUT2D eigenvalue weighted by Crippen LogP contribution is -2.52. The summed E-state index contributed by atoms with van der Waals surface area (Å²) in [6.07, 6.45) is -6.14. The lowest BCUT2D eigenvalue weighted by Gasteiger charge is -2.22. The molecule has 0 unspecified atom stereocenters. The maximum absolute atomic E-state index is 13.1. The summed E-state index contributed by atoms with van der Waals surface area (Å²) in [5.74, 6) is -1.63. The van der Waals surface area contributed by atoms with Crippen molar-refractivity contribution in [2.45, 2.75) is 25.2 Å². The number of anilines is 1. The van der Waals surface area contributed by atoms with E-state index in [9.17, 15) is 27.9 Å². The van der Waals surface area contributed by atoms with Crippen LogP contribution in [0.15, 0.2) is 42.5 Å². The molecule has 0 saturated heterocycles. The Morgan fingerprint density at radius 1 is 1.03 bits per heavy atom. The van der Waals surface area contributed by atoms with Crippen molar-refractivity contribution in [1.29, 1.82) is 10.5 Å². The van der Waals surface area contributed by atoms with E-state index in [1.807, 2.05) is 6.07 Å². The van der Waals surface area contributed by atoms with Crippen LogP contribution in [0.4, 0.5) is 18.9 Å². The molecule has 0 radical (unpaired) electrons. The normalized spacial score (nSPS) is 12.6. The van der Waals surface area contributed by atoms with Gasteiger partial charge in [0.2, 0.25) is 0 Å². The van der Waals surface area contributed by atoms with Gasteiger partial charge in [-0.15, -0.1) is 0 Å². The average Bonchev–Trinajstić information content (AvgIpc) is 2.74. The highest BCUT2D eigenvalue weighted by atomic mass is 19.4. The van der Waals surface area contributed by atoms with Crippen LogP contribution >= 0.6 is 0 Å². The highest BCUT2D eigenvalue weighted by Crippen LogP contribution is 2.33. The van der Waals surface area contributed by atoms with Gasteiger partial charge in [-0.2, -0.15) is 23.7 Å². The second-order valence-corrected chi connectivity index (χ2v) is 6.37. The average molecular weight is 431 g/mol. The molecule has 11 heteroatoms. The number of carbonyl (C=O) groups is 2. The summed E-state index contributed by atoms with van der Waals surface area (Å²) in [5, 5.41) is 29.9. The molecule has 8 nitrogen and oxygen atoms in total. The predicted molar refractivity (Wildman–Crippen MR) is 102 cm³/mol. The summed E-state index contributed by atoms with van der Waals surface area (Å²) < 4.78 is 39.3. The summed E-state index contributed by atoms with van der Waals surface area (Å²) in [6.45, 7) is 1.23. The fourth-order valence-corrected chi connectivity index (χ4v) is 2.52. The van der Waals surface area contributed by atoms with Gasteiger partial charge >= 0.3 is 6.18 Å². The molecule has 2 rings (SSSR count). The van der Waals surface area contributed by atoms with Gasteiger partial charge in [0.05, 0.1) is 34.9 Å². The van der Waals surface area contributed by atoms with E-state index in [1.54, 1.807) is 0 Å². The first-order chi connectivity index (χ1) is 14.6. The van der Waals surface area contributed by atoms with Crippen LogP contribution in [-0.2, 0) is 11.0 Å². The summed E-state index contributed by atoms with van der Waals surface area (Å²) in [4.78, 5) is 24.4. The Morgan fingerprint density at radius 3 is 2.19 bits per heavy atom. The molecule has 2 atom stereocenters. The highest BCUT2D eigenvalue weighted by Gasteiger charge is 2.34. The molecule has 0 aliphatic carbocycles. The molecule has 2 aromatic rings. The molecular weight excluding hydrogens is 415 g/mol. The van der Waals surface area contributed by atoms with E-state index in [0.29, 0.717) is 11.6 Å². The molecule has 0 saturated carbocycles. The summed E-state index contributed by atoms with van der Waals surface area (Å²) in [7, 11) is 0. The first-order valence-corrected chi connectivity index (χ1v) is 8.73. The van der Waals surface area contributed by atoms with Gasteiger partial charge in [-0.25, -0.2) is 0 Å². The number of carbonyl (C=O) groups excluding carboxylic acids is 2. The number of rotatable bonds is 5. The monoisotopic (exact) mass is 431 g/mol. The molecule has 2 aromatic carbocycles. The second kappa shape index (κ2) is 9.61. The zero-order chi connectivity index (χ0) is 23.2. The second-order valence-electron chi connectivity index (χ2n) is 6.37. The Balaban J connectivity index is 2.11. The number of hydrogen-bond acceptors (Lipinski definition) is 6. The number of nitrogens with zero attached hydrogens (tertiary/aromatic N) is 2. The van der Waals surface area contributed by atoms with E-state index in [1.165, 1.54) is 37.3 Å². The van der Waals surface area contributed by atoms with Crippen molar-refractivity contribution in [3.05, 3.63) is 64.7 Å². The van der Waals surface area contributed by atoms with Crippen LogP contribution in [0.5, 0.6) is 0 Å². The number of aliphatic hydroxyl groups excluding tert-OH is 1. The molecule has 2 amide bonds. The molecular formula is C20H16F3N5O3. The van der Waals surface area contributed by atoms with Crippen LogP contribution in [0.3, 0.4) is 0 Å². The molecule has 0 heterocycles. The summed E-state index contributed by atoms with van der Waals surface area (Å²) >= 11 is 0. The zero-order valence-electron chi connectivity index (χ0n) is 16.0. The van der Waals surface area contributed by atoms with Crippen LogP contribution in [0.1, 0.15) is 34.0 Å². The van der Waals surface area contributed by atoms with E-state index in [0.717, 1.165) is 12.1 Å². The molecule has 0 aromatic heterocycles. The van der Waals surface area contributed by atoms with Gasteiger partial charge in [0.1, 0.15) is 6.04 Å². The molecule has 0 bridgehead atoms. The van der Waals surface area contributed by atoms with Crippen molar-refractivity contribution in [1.82, 2.24) is 10.9 Å². The largest absolute Gasteiger partial charge is 0.417 e. The van der Waals surface area contributed by atoms with Crippen LogP contribution in [-0.4, -0.2) is 29.1 Å². The predicted octanol–water partition coefficient (Wildman–Crippen LogP) is 2.07. The van der Waals surface area contributed by atoms with Gasteiger partial charge < -0.3 is 10.4 Å². The number of halogens is 3. The third kappa shape index (κ3) is 5.95. The van der Waals surface area contributed by atoms with Crippen molar-refractivity contribution in [3.8, 4) is 12.1 Å². The topological polar surface area (TPSA) is 138 Å². The Labute approximate surface area is 174 Å². The zero-order valence-corrected chi connectivity index (χ0v) is 16.0. The first kappa shape index (κ1) is 23.2. The minimum atomic E-state index is -4.79. The number of amides is 2. The fraction of sp³-hybridized carbons (Fsp3) is 0.200. The fourth-order valence-electron chi connectivity index (χ4n) is 2.52. The van der Waals surface area contributed by atoms with Crippen molar-refractivity contribution < 1.29 is 27.9 Å². The Morgan fingerprint density at radius 2 is 1.68 bits per heavy atom. The van der Waals surface area contributed by atoms with Gasteiger partial charge in [-0.05, 0) is 49.4 Å². The maximum atomic E-state index is 13.1. The van der Waals surface area contributed by atoms with Gasteiger partial charge in [0, 0.05) is 11.3 Å². The van der Waals surface area contributed by atoms with E-state index in [4.69, 9.17) is 10.5 Å². The molecule has 31 heavy (non-hydrogen) atoms. The van der Waals surface area contributed by atoms with Gasteiger partial charge in [0.15, 0.2) is 0 Å². The SMILES string of the molecule is C[C@H](O)[C@@H](Nc1ccc(C#N)c(C(F)(F)F)c1)C(=O)NNC(=O)c1ccc(C#N)cc1. The van der Waals surface area contributed by atoms with Crippen LogP contribution in [0, 0.1) is 22.7 Å². The van der Waals surface area contributed by atoms with Gasteiger partial charge in [-0.1, -0.05) is 0 Å². The molecule has 0 aliphatic rings. The lowest BCUT2D eigenvalue weighted by atomic mass is 10.1. The van der Waals surface area contributed by atoms with Crippen molar-refractivity contribution in [3.63, 3.8) is 0 Å². The Hall–Kier alpha value is -4.09. The molecule has 0 spiro atoms. The van der Waals surface area contributed by atoms with Crippen LogP contribution in [0.2, 0.25) is 0 Å².